The lowest BCUT2D eigenvalue weighted by molar-refractivity contribution is -0.403. The summed E-state index contributed by atoms with van der Waals surface area (Å²) in [5, 5.41) is 0. The van der Waals surface area contributed by atoms with E-state index in [1.807, 2.05) is 0 Å². The second-order valence-corrected chi connectivity index (χ2v) is 4.73. The van der Waals surface area contributed by atoms with E-state index in [2.05, 4.69) is 9.47 Å². The van der Waals surface area contributed by atoms with Crippen molar-refractivity contribution >= 4 is 0 Å². The van der Waals surface area contributed by atoms with Gasteiger partial charge in [0.25, 0.3) is 0 Å². The topological polar surface area (TPSA) is 25.1 Å². The molecule has 16 heteroatoms. The van der Waals surface area contributed by atoms with Crippen LogP contribution in [-0.4, -0.2) is 47.6 Å². The van der Waals surface area contributed by atoms with Gasteiger partial charge in [-0.2, -0.15) is 61.5 Å². The summed E-state index contributed by atoms with van der Waals surface area (Å²) in [6.07, 6.45) is -11.6. The maximum absolute atomic E-state index is 13.1. The monoisotopic (exact) mass is 394 g/mol. The summed E-state index contributed by atoms with van der Waals surface area (Å²) in [5.41, 5.74) is 0. The van der Waals surface area contributed by atoms with E-state index < -0.39 is 47.6 Å². The highest BCUT2D eigenvalue weighted by molar-refractivity contribution is 5.20. The van der Waals surface area contributed by atoms with E-state index in [9.17, 15) is 61.5 Å². The summed E-state index contributed by atoms with van der Waals surface area (Å²) >= 11 is 0. The molecule has 0 radical (unpaired) electrons. The summed E-state index contributed by atoms with van der Waals surface area (Å²) in [6, 6.07) is 0. The van der Waals surface area contributed by atoms with Gasteiger partial charge in [-0.25, -0.2) is 0 Å². The summed E-state index contributed by atoms with van der Waals surface area (Å²) < 4.78 is 183. The van der Waals surface area contributed by atoms with Gasteiger partial charge in [-0.3, -0.25) is 9.47 Å². The van der Waals surface area contributed by atoms with Crippen molar-refractivity contribution in [2.45, 2.75) is 47.6 Å². The molecule has 0 N–H and O–H groups in total. The largest absolute Gasteiger partial charge is 0.424 e. The van der Waals surface area contributed by atoms with Crippen LogP contribution >= 0.6 is 0 Å². The SMILES string of the molecule is FC1(F)OC1(F)C(F)(F)C(F)(F)C(F)(F)C(F)(F)C1(F)OC1(F)F. The number of hydrogen-bond donors (Lipinski definition) is 0. The van der Waals surface area contributed by atoms with Crippen molar-refractivity contribution in [3.63, 3.8) is 0 Å². The predicted octanol–water partition coefficient (Wildman–Crippen LogP) is 4.11. The summed E-state index contributed by atoms with van der Waals surface area (Å²) in [6.45, 7) is 0. The van der Waals surface area contributed by atoms with E-state index in [0.717, 1.165) is 0 Å². The number of alkyl halides is 14. The molecular formula is C8F14O2. The fraction of sp³-hybridized carbons (Fsp3) is 1.00. The first-order valence-corrected chi connectivity index (χ1v) is 5.21. The van der Waals surface area contributed by atoms with Crippen molar-refractivity contribution in [1.29, 1.82) is 0 Å². The second kappa shape index (κ2) is 4.02. The molecule has 2 rings (SSSR count). The van der Waals surface area contributed by atoms with Crippen LogP contribution in [0.1, 0.15) is 0 Å². The summed E-state index contributed by atoms with van der Waals surface area (Å²) in [5.74, 6) is -42.7. The Morgan fingerprint density at radius 2 is 0.625 bits per heavy atom. The van der Waals surface area contributed by atoms with Crippen LogP contribution in [0.15, 0.2) is 0 Å². The zero-order valence-corrected chi connectivity index (χ0v) is 10.1. The zero-order valence-electron chi connectivity index (χ0n) is 10.1. The molecule has 0 aromatic rings. The number of rotatable bonds is 5. The van der Waals surface area contributed by atoms with Gasteiger partial charge in [-0.1, -0.05) is 0 Å². The molecule has 2 aliphatic heterocycles. The third-order valence-corrected chi connectivity index (χ3v) is 3.19. The molecule has 2 unspecified atom stereocenters. The molecule has 0 bridgehead atoms. The zero-order chi connectivity index (χ0) is 19.4. The minimum atomic E-state index is -7.81. The Labute approximate surface area is 120 Å². The highest BCUT2D eigenvalue weighted by Gasteiger charge is 3.03. The molecule has 0 saturated carbocycles. The Morgan fingerprint density at radius 3 is 0.750 bits per heavy atom. The van der Waals surface area contributed by atoms with Crippen LogP contribution < -0.4 is 0 Å². The van der Waals surface area contributed by atoms with Crippen LogP contribution in [0.2, 0.25) is 0 Å². The van der Waals surface area contributed by atoms with Crippen molar-refractivity contribution in [3.8, 4) is 0 Å². The van der Waals surface area contributed by atoms with E-state index in [1.165, 1.54) is 0 Å². The van der Waals surface area contributed by atoms with Gasteiger partial charge < -0.3 is 0 Å². The predicted molar refractivity (Wildman–Crippen MR) is 39.5 cm³/mol. The summed E-state index contributed by atoms with van der Waals surface area (Å²) in [7, 11) is 0. The molecular weight excluding hydrogens is 394 g/mol. The van der Waals surface area contributed by atoms with E-state index >= 15 is 0 Å². The Bertz CT molecular complexity index is 521. The van der Waals surface area contributed by atoms with Gasteiger partial charge in [0.2, 0.25) is 0 Å². The first-order valence-electron chi connectivity index (χ1n) is 5.21. The van der Waals surface area contributed by atoms with E-state index in [4.69, 9.17) is 0 Å². The number of ether oxygens (including phenoxy) is 2. The van der Waals surface area contributed by atoms with Crippen LogP contribution in [-0.2, 0) is 9.47 Å². The number of hydrogen-bond acceptors (Lipinski definition) is 2. The first kappa shape index (κ1) is 19.3. The molecule has 24 heavy (non-hydrogen) atoms. The molecule has 2 nitrogen and oxygen atoms in total. The molecule has 2 fully saturated rings. The molecule has 2 heterocycles. The quantitative estimate of drug-likeness (QED) is 0.518. The fourth-order valence-corrected chi connectivity index (χ4v) is 1.59. The molecule has 0 amide bonds. The van der Waals surface area contributed by atoms with Crippen LogP contribution in [0.4, 0.5) is 61.5 Å². The average Bonchev–Trinajstić information content (AvgIpc) is 3.08. The van der Waals surface area contributed by atoms with Gasteiger partial charge in [-0.15, -0.1) is 0 Å². The van der Waals surface area contributed by atoms with Gasteiger partial charge in [0.1, 0.15) is 0 Å². The van der Waals surface area contributed by atoms with Gasteiger partial charge in [-0.05, 0) is 0 Å². The Kier molecular flexibility index (Phi) is 3.22. The number of epoxide rings is 2. The van der Waals surface area contributed by atoms with Crippen LogP contribution in [0.25, 0.3) is 0 Å². The van der Waals surface area contributed by atoms with Crippen molar-refractivity contribution in [2.75, 3.05) is 0 Å². The van der Waals surface area contributed by atoms with Crippen molar-refractivity contribution < 1.29 is 70.9 Å². The van der Waals surface area contributed by atoms with E-state index in [1.54, 1.807) is 0 Å². The maximum Gasteiger partial charge on any atom is 0.424 e. The second-order valence-electron chi connectivity index (χ2n) is 4.73. The highest BCUT2D eigenvalue weighted by atomic mass is 19.4. The highest BCUT2D eigenvalue weighted by Crippen LogP contribution is 2.71. The average molecular weight is 394 g/mol. The third-order valence-electron chi connectivity index (χ3n) is 3.19. The molecule has 2 saturated heterocycles. The fourth-order valence-electron chi connectivity index (χ4n) is 1.59. The normalized spacial score (nSPS) is 35.8. The molecule has 0 aliphatic carbocycles. The lowest BCUT2D eigenvalue weighted by Gasteiger charge is -2.36. The van der Waals surface area contributed by atoms with Crippen molar-refractivity contribution in [2.24, 2.45) is 0 Å². The lowest BCUT2D eigenvalue weighted by Crippen LogP contribution is -2.69. The molecule has 2 aliphatic rings. The van der Waals surface area contributed by atoms with Crippen LogP contribution in [0, 0.1) is 0 Å². The Morgan fingerprint density at radius 1 is 0.458 bits per heavy atom. The van der Waals surface area contributed by atoms with Crippen LogP contribution in [0.5, 0.6) is 0 Å². The first-order chi connectivity index (χ1) is 10.2. The molecule has 2 atom stereocenters. The van der Waals surface area contributed by atoms with Gasteiger partial charge in [0.15, 0.2) is 0 Å². The van der Waals surface area contributed by atoms with Gasteiger partial charge >= 0.3 is 47.6 Å². The van der Waals surface area contributed by atoms with Gasteiger partial charge in [0.05, 0.1) is 0 Å². The van der Waals surface area contributed by atoms with Crippen molar-refractivity contribution in [1.82, 2.24) is 0 Å². The Balaban J connectivity index is 2.48. The minimum Gasteiger partial charge on any atom is -0.265 e. The molecule has 0 aromatic heterocycles. The summed E-state index contributed by atoms with van der Waals surface area (Å²) in [4.78, 5) is 0. The molecule has 0 spiro atoms. The number of halogens is 14. The maximum atomic E-state index is 13.1. The van der Waals surface area contributed by atoms with E-state index in [0.29, 0.717) is 0 Å². The smallest absolute Gasteiger partial charge is 0.265 e. The lowest BCUT2D eigenvalue weighted by atomic mass is 9.93. The van der Waals surface area contributed by atoms with Crippen LogP contribution in [0.3, 0.4) is 0 Å². The van der Waals surface area contributed by atoms with E-state index in [-0.39, 0.29) is 0 Å². The van der Waals surface area contributed by atoms with Crippen molar-refractivity contribution in [3.05, 3.63) is 0 Å². The standard InChI is InChI=1S/C8F14O2/c9-1(10,3(13,14)5(17)7(19,20)23-5)2(11,12)4(15,16)6(18)8(21,22)24-6. The Hall–Kier alpha value is -1.06. The molecule has 142 valence electrons. The minimum absolute atomic E-state index is 2.21. The third kappa shape index (κ3) is 1.70. The molecule has 0 aromatic carbocycles. The van der Waals surface area contributed by atoms with Gasteiger partial charge in [0, 0.05) is 0 Å².